The standard InChI is InChI=1S/C24H26N2O5S/c1-4-26(5-2)32(28,29)21-10-8-9-18(17-21)24(27)25-19-13-15-20(16-14-19)31-23-12-7-6-11-22(23)30-3/h6-17H,4-5H2,1-3H3,(H,25,27). The minimum atomic E-state index is -3.64. The van der Waals surface area contributed by atoms with Gasteiger partial charge in [0.2, 0.25) is 10.0 Å². The van der Waals surface area contributed by atoms with Crippen molar-refractivity contribution >= 4 is 21.6 Å². The third kappa shape index (κ3) is 5.27. The Morgan fingerprint density at radius 1 is 0.906 bits per heavy atom. The van der Waals surface area contributed by atoms with E-state index in [0.29, 0.717) is 36.0 Å². The summed E-state index contributed by atoms with van der Waals surface area (Å²) in [4.78, 5) is 12.8. The lowest BCUT2D eigenvalue weighted by Crippen LogP contribution is -2.30. The summed E-state index contributed by atoms with van der Waals surface area (Å²) in [7, 11) is -2.07. The van der Waals surface area contributed by atoms with Gasteiger partial charge in [0.1, 0.15) is 5.75 Å². The largest absolute Gasteiger partial charge is 0.493 e. The minimum absolute atomic E-state index is 0.0920. The number of ether oxygens (including phenoxy) is 2. The number of methoxy groups -OCH3 is 1. The highest BCUT2D eigenvalue weighted by molar-refractivity contribution is 7.89. The third-order valence-corrected chi connectivity index (χ3v) is 6.89. The quantitative estimate of drug-likeness (QED) is 0.503. The minimum Gasteiger partial charge on any atom is -0.493 e. The zero-order chi connectivity index (χ0) is 23.1. The predicted octanol–water partition coefficient (Wildman–Crippen LogP) is 4.77. The van der Waals surface area contributed by atoms with Crippen molar-refractivity contribution in [3.8, 4) is 17.2 Å². The molecule has 0 unspecified atom stereocenters. The molecule has 1 N–H and O–H groups in total. The molecule has 0 heterocycles. The molecular weight excluding hydrogens is 428 g/mol. The lowest BCUT2D eigenvalue weighted by molar-refractivity contribution is 0.102. The van der Waals surface area contributed by atoms with Crippen LogP contribution in [0.25, 0.3) is 0 Å². The van der Waals surface area contributed by atoms with Gasteiger partial charge in [-0.2, -0.15) is 4.31 Å². The van der Waals surface area contributed by atoms with Crippen molar-refractivity contribution in [2.75, 3.05) is 25.5 Å². The maximum atomic E-state index is 12.7. The number of anilines is 1. The first kappa shape index (κ1) is 23.3. The van der Waals surface area contributed by atoms with Crippen LogP contribution >= 0.6 is 0 Å². The second kappa shape index (κ2) is 10.3. The summed E-state index contributed by atoms with van der Waals surface area (Å²) in [6, 6.07) is 20.2. The molecule has 7 nitrogen and oxygen atoms in total. The van der Waals surface area contributed by atoms with E-state index in [1.165, 1.54) is 16.4 Å². The number of carbonyl (C=O) groups excluding carboxylic acids is 1. The first-order chi connectivity index (χ1) is 15.4. The molecule has 0 radical (unpaired) electrons. The lowest BCUT2D eigenvalue weighted by atomic mass is 10.2. The van der Waals surface area contributed by atoms with Crippen LogP contribution in [-0.4, -0.2) is 38.8 Å². The molecule has 0 aliphatic carbocycles. The summed E-state index contributed by atoms with van der Waals surface area (Å²) in [5.41, 5.74) is 0.812. The van der Waals surface area contributed by atoms with Gasteiger partial charge in [0, 0.05) is 24.3 Å². The normalized spacial score (nSPS) is 11.2. The Hall–Kier alpha value is -3.36. The first-order valence-electron chi connectivity index (χ1n) is 10.2. The highest BCUT2D eigenvalue weighted by Crippen LogP contribution is 2.31. The van der Waals surface area contributed by atoms with Crippen molar-refractivity contribution in [1.82, 2.24) is 4.31 Å². The van der Waals surface area contributed by atoms with Crippen molar-refractivity contribution in [2.24, 2.45) is 0 Å². The molecule has 0 saturated heterocycles. The highest BCUT2D eigenvalue weighted by atomic mass is 32.2. The summed E-state index contributed by atoms with van der Waals surface area (Å²) in [5.74, 6) is 1.38. The Morgan fingerprint density at radius 3 is 2.19 bits per heavy atom. The van der Waals surface area contributed by atoms with Crippen molar-refractivity contribution in [3.05, 3.63) is 78.4 Å². The van der Waals surface area contributed by atoms with E-state index in [4.69, 9.17) is 9.47 Å². The molecule has 168 valence electrons. The molecule has 0 aromatic heterocycles. The Morgan fingerprint density at radius 2 is 1.56 bits per heavy atom. The summed E-state index contributed by atoms with van der Waals surface area (Å²) >= 11 is 0. The van der Waals surface area contributed by atoms with Gasteiger partial charge in [-0.3, -0.25) is 4.79 Å². The third-order valence-electron chi connectivity index (χ3n) is 4.85. The number of nitrogens with zero attached hydrogens (tertiary/aromatic N) is 1. The van der Waals surface area contributed by atoms with Gasteiger partial charge in [-0.25, -0.2) is 8.42 Å². The lowest BCUT2D eigenvalue weighted by Gasteiger charge is -2.18. The van der Waals surface area contributed by atoms with Crippen molar-refractivity contribution in [2.45, 2.75) is 18.7 Å². The monoisotopic (exact) mass is 454 g/mol. The Bertz CT molecular complexity index is 1170. The van der Waals surface area contributed by atoms with Gasteiger partial charge >= 0.3 is 0 Å². The van der Waals surface area contributed by atoms with Crippen LogP contribution in [0.1, 0.15) is 24.2 Å². The molecule has 0 saturated carbocycles. The number of hydrogen-bond donors (Lipinski definition) is 1. The van der Waals surface area contributed by atoms with E-state index in [9.17, 15) is 13.2 Å². The van der Waals surface area contributed by atoms with Crippen LogP contribution in [0, 0.1) is 0 Å². The van der Waals surface area contributed by atoms with Gasteiger partial charge < -0.3 is 14.8 Å². The maximum absolute atomic E-state index is 12.7. The number of amides is 1. The highest BCUT2D eigenvalue weighted by Gasteiger charge is 2.22. The number of para-hydroxylation sites is 2. The van der Waals surface area contributed by atoms with Gasteiger partial charge in [-0.15, -0.1) is 0 Å². The molecule has 8 heteroatoms. The smallest absolute Gasteiger partial charge is 0.255 e. The van der Waals surface area contributed by atoms with E-state index in [1.54, 1.807) is 69.5 Å². The van der Waals surface area contributed by atoms with Crippen LogP contribution < -0.4 is 14.8 Å². The van der Waals surface area contributed by atoms with Crippen molar-refractivity contribution in [3.63, 3.8) is 0 Å². The fraction of sp³-hybridized carbons (Fsp3) is 0.208. The van der Waals surface area contributed by atoms with Crippen molar-refractivity contribution in [1.29, 1.82) is 0 Å². The molecule has 0 spiro atoms. The van der Waals surface area contributed by atoms with E-state index in [-0.39, 0.29) is 10.5 Å². The Labute approximate surface area is 188 Å². The second-order valence-electron chi connectivity index (χ2n) is 6.85. The Kier molecular flexibility index (Phi) is 7.50. The molecular formula is C24H26N2O5S. The predicted molar refractivity (Wildman–Crippen MR) is 124 cm³/mol. The first-order valence-corrected chi connectivity index (χ1v) is 11.7. The molecule has 3 aromatic rings. The van der Waals surface area contributed by atoms with Crippen LogP contribution in [0.5, 0.6) is 17.2 Å². The number of sulfonamides is 1. The summed E-state index contributed by atoms with van der Waals surface area (Å²) in [6.07, 6.45) is 0. The summed E-state index contributed by atoms with van der Waals surface area (Å²) < 4.78 is 37.9. The number of hydrogen-bond acceptors (Lipinski definition) is 5. The zero-order valence-electron chi connectivity index (χ0n) is 18.2. The van der Waals surface area contributed by atoms with Crippen LogP contribution in [0.4, 0.5) is 5.69 Å². The van der Waals surface area contributed by atoms with Gasteiger partial charge in [-0.1, -0.05) is 32.0 Å². The van der Waals surface area contributed by atoms with E-state index in [2.05, 4.69) is 5.32 Å². The van der Waals surface area contributed by atoms with Crippen molar-refractivity contribution < 1.29 is 22.7 Å². The number of carbonyl (C=O) groups is 1. The zero-order valence-corrected chi connectivity index (χ0v) is 19.1. The maximum Gasteiger partial charge on any atom is 0.255 e. The molecule has 0 aliphatic rings. The summed E-state index contributed by atoms with van der Waals surface area (Å²) in [6.45, 7) is 4.27. The topological polar surface area (TPSA) is 84.9 Å². The summed E-state index contributed by atoms with van der Waals surface area (Å²) in [5, 5.41) is 2.78. The number of benzene rings is 3. The van der Waals surface area contributed by atoms with E-state index in [0.717, 1.165) is 0 Å². The van der Waals surface area contributed by atoms with E-state index in [1.807, 2.05) is 12.1 Å². The average Bonchev–Trinajstić information content (AvgIpc) is 2.81. The second-order valence-corrected chi connectivity index (χ2v) is 8.79. The molecule has 0 bridgehead atoms. The van der Waals surface area contributed by atoms with Gasteiger partial charge in [0.05, 0.1) is 12.0 Å². The average molecular weight is 455 g/mol. The molecule has 3 aromatic carbocycles. The van der Waals surface area contributed by atoms with E-state index < -0.39 is 15.9 Å². The number of rotatable bonds is 9. The molecule has 32 heavy (non-hydrogen) atoms. The molecule has 3 rings (SSSR count). The van der Waals surface area contributed by atoms with E-state index >= 15 is 0 Å². The molecule has 0 atom stereocenters. The SMILES string of the molecule is CCN(CC)S(=O)(=O)c1cccc(C(=O)Nc2ccc(Oc3ccccc3OC)cc2)c1. The van der Waals surface area contributed by atoms with Crippen LogP contribution in [-0.2, 0) is 10.0 Å². The van der Waals surface area contributed by atoms with Gasteiger partial charge in [-0.05, 0) is 54.6 Å². The molecule has 1 amide bonds. The molecule has 0 aliphatic heterocycles. The van der Waals surface area contributed by atoms with Gasteiger partial charge in [0.25, 0.3) is 5.91 Å². The van der Waals surface area contributed by atoms with Crippen LogP contribution in [0.2, 0.25) is 0 Å². The fourth-order valence-electron chi connectivity index (χ4n) is 3.15. The fourth-order valence-corrected chi connectivity index (χ4v) is 4.65. The van der Waals surface area contributed by atoms with Gasteiger partial charge in [0.15, 0.2) is 11.5 Å². The molecule has 0 fully saturated rings. The van der Waals surface area contributed by atoms with Crippen LogP contribution in [0.3, 0.4) is 0 Å². The Balaban J connectivity index is 1.72. The number of nitrogens with one attached hydrogen (secondary N) is 1. The van der Waals surface area contributed by atoms with Crippen LogP contribution in [0.15, 0.2) is 77.7 Å².